The van der Waals surface area contributed by atoms with E-state index in [1.54, 1.807) is 21.9 Å². The van der Waals surface area contributed by atoms with Crippen LogP contribution in [0.1, 0.15) is 43.2 Å². The number of rotatable bonds is 5. The van der Waals surface area contributed by atoms with E-state index in [9.17, 15) is 14.4 Å². The number of pyridine rings is 1. The molecule has 1 aliphatic rings. The van der Waals surface area contributed by atoms with E-state index >= 15 is 0 Å². The molecule has 0 radical (unpaired) electrons. The van der Waals surface area contributed by atoms with Crippen LogP contribution < -0.4 is 10.9 Å². The summed E-state index contributed by atoms with van der Waals surface area (Å²) in [4.78, 5) is 48.7. The van der Waals surface area contributed by atoms with Crippen molar-refractivity contribution in [3.63, 3.8) is 0 Å². The highest BCUT2D eigenvalue weighted by Gasteiger charge is 2.28. The van der Waals surface area contributed by atoms with Gasteiger partial charge in [0.05, 0.1) is 11.9 Å². The lowest BCUT2D eigenvalue weighted by atomic mass is 9.95. The number of amides is 2. The van der Waals surface area contributed by atoms with Crippen molar-refractivity contribution in [2.75, 3.05) is 13.6 Å². The molecule has 2 amide bonds. The summed E-state index contributed by atoms with van der Waals surface area (Å²) in [6.45, 7) is 2.96. The maximum Gasteiger partial charge on any atom is 0.274 e. The van der Waals surface area contributed by atoms with E-state index in [1.165, 1.54) is 13.2 Å². The van der Waals surface area contributed by atoms with Gasteiger partial charge in [-0.2, -0.15) is 0 Å². The average molecular weight is 431 g/mol. The van der Waals surface area contributed by atoms with Crippen molar-refractivity contribution in [2.24, 2.45) is 0 Å². The highest BCUT2D eigenvalue weighted by molar-refractivity contribution is 5.96. The second kappa shape index (κ2) is 9.13. The summed E-state index contributed by atoms with van der Waals surface area (Å²) in [6.07, 6.45) is 5.92. The highest BCUT2D eigenvalue weighted by Crippen LogP contribution is 2.22. The molecule has 32 heavy (non-hydrogen) atoms. The molecular formula is C24H25N5O3. The van der Waals surface area contributed by atoms with Gasteiger partial charge in [-0.15, -0.1) is 0 Å². The Balaban J connectivity index is 1.66. The number of nitrogens with zero attached hydrogens (tertiary/aromatic N) is 4. The number of aryl methyl sites for hydroxylation is 3. The first-order chi connectivity index (χ1) is 15.5. The average Bonchev–Trinajstić information content (AvgIpc) is 2.82. The van der Waals surface area contributed by atoms with Crippen LogP contribution in [0.15, 0.2) is 53.7 Å². The predicted octanol–water partition coefficient (Wildman–Crippen LogP) is 1.75. The van der Waals surface area contributed by atoms with E-state index < -0.39 is 5.91 Å². The molecule has 3 aromatic rings. The zero-order valence-corrected chi connectivity index (χ0v) is 18.2. The van der Waals surface area contributed by atoms with Crippen molar-refractivity contribution in [2.45, 2.75) is 32.9 Å². The first kappa shape index (κ1) is 21.4. The number of fused-ring (bicyclic) bond motifs is 1. The number of nitrogens with one attached hydrogen (secondary N) is 1. The summed E-state index contributed by atoms with van der Waals surface area (Å²) < 4.78 is 1.58. The van der Waals surface area contributed by atoms with Gasteiger partial charge in [-0.1, -0.05) is 30.3 Å². The Morgan fingerprint density at radius 1 is 1.12 bits per heavy atom. The Kier molecular flexibility index (Phi) is 6.11. The van der Waals surface area contributed by atoms with Gasteiger partial charge in [0.2, 0.25) is 0 Å². The smallest absolute Gasteiger partial charge is 0.274 e. The van der Waals surface area contributed by atoms with Crippen LogP contribution in [0.5, 0.6) is 0 Å². The minimum absolute atomic E-state index is 0.167. The number of carbonyl (C=O) groups excluding carboxylic acids is 2. The summed E-state index contributed by atoms with van der Waals surface area (Å²) in [7, 11) is 1.52. The van der Waals surface area contributed by atoms with Gasteiger partial charge in [0.15, 0.2) is 0 Å². The number of hydrogen-bond acceptors (Lipinski definition) is 5. The lowest BCUT2D eigenvalue weighted by molar-refractivity contribution is 0.0727. The fourth-order valence-corrected chi connectivity index (χ4v) is 3.97. The third-order valence-corrected chi connectivity index (χ3v) is 5.69. The number of aromatic nitrogens is 3. The lowest BCUT2D eigenvalue weighted by Crippen LogP contribution is -2.41. The fourth-order valence-electron chi connectivity index (χ4n) is 3.97. The molecule has 4 rings (SSSR count). The lowest BCUT2D eigenvalue weighted by Gasteiger charge is -2.30. The van der Waals surface area contributed by atoms with Crippen molar-refractivity contribution in [1.29, 1.82) is 0 Å². The van der Waals surface area contributed by atoms with Crippen molar-refractivity contribution < 1.29 is 9.59 Å². The number of carbonyl (C=O) groups is 2. The quantitative estimate of drug-likeness (QED) is 0.664. The second-order valence-electron chi connectivity index (χ2n) is 7.84. The standard InChI is InChI=1S/C24H25N5O3/c1-16-12-27-20(13-26-16)23(31)28-11-9-19-18(14-28)15-29(24(32)21(19)22(30)25-2)10-8-17-6-4-3-5-7-17/h3-7,12-13,15H,8-11,14H2,1-2H3,(H,25,30). The fraction of sp³-hybridized carbons (Fsp3) is 0.292. The van der Waals surface area contributed by atoms with Gasteiger partial charge in [-0.3, -0.25) is 19.4 Å². The Hall–Kier alpha value is -3.81. The molecular weight excluding hydrogens is 406 g/mol. The van der Waals surface area contributed by atoms with Crippen LogP contribution in [0.2, 0.25) is 0 Å². The van der Waals surface area contributed by atoms with Gasteiger partial charge in [-0.05, 0) is 36.5 Å². The van der Waals surface area contributed by atoms with Crippen LogP contribution in [0, 0.1) is 6.92 Å². The zero-order chi connectivity index (χ0) is 22.7. The zero-order valence-electron chi connectivity index (χ0n) is 18.2. The van der Waals surface area contributed by atoms with Gasteiger partial charge < -0.3 is 14.8 Å². The van der Waals surface area contributed by atoms with Crippen LogP contribution in [-0.4, -0.2) is 44.8 Å². The van der Waals surface area contributed by atoms with Crippen LogP contribution in [0.4, 0.5) is 0 Å². The Labute approximate surface area is 185 Å². The monoisotopic (exact) mass is 431 g/mol. The van der Waals surface area contributed by atoms with Gasteiger partial charge in [0, 0.05) is 39.1 Å². The van der Waals surface area contributed by atoms with Crippen LogP contribution in [-0.2, 0) is 25.9 Å². The molecule has 1 aliphatic heterocycles. The summed E-state index contributed by atoms with van der Waals surface area (Å²) in [5, 5.41) is 2.59. The first-order valence-corrected chi connectivity index (χ1v) is 10.6. The highest BCUT2D eigenvalue weighted by atomic mass is 16.2. The third-order valence-electron chi connectivity index (χ3n) is 5.69. The van der Waals surface area contributed by atoms with Crippen molar-refractivity contribution in [3.05, 3.63) is 92.9 Å². The molecule has 1 aromatic carbocycles. The number of hydrogen-bond donors (Lipinski definition) is 1. The summed E-state index contributed by atoms with van der Waals surface area (Å²) in [6, 6.07) is 9.87. The van der Waals surface area contributed by atoms with E-state index in [-0.39, 0.29) is 22.7 Å². The Morgan fingerprint density at radius 3 is 2.59 bits per heavy atom. The third kappa shape index (κ3) is 4.30. The van der Waals surface area contributed by atoms with Crippen LogP contribution >= 0.6 is 0 Å². The molecule has 8 nitrogen and oxygen atoms in total. The summed E-state index contributed by atoms with van der Waals surface area (Å²) >= 11 is 0. The van der Waals surface area contributed by atoms with E-state index in [0.717, 1.165) is 16.8 Å². The van der Waals surface area contributed by atoms with Gasteiger partial charge in [-0.25, -0.2) is 4.98 Å². The largest absolute Gasteiger partial charge is 0.355 e. The van der Waals surface area contributed by atoms with E-state index in [1.807, 2.05) is 37.3 Å². The van der Waals surface area contributed by atoms with Gasteiger partial charge >= 0.3 is 0 Å². The molecule has 1 N–H and O–H groups in total. The molecule has 0 saturated carbocycles. The SMILES string of the molecule is CNC(=O)c1c2c(cn(CCc3ccccc3)c1=O)CN(C(=O)c1cnc(C)cn1)CC2. The normalized spacial score (nSPS) is 12.9. The van der Waals surface area contributed by atoms with Crippen molar-refractivity contribution in [1.82, 2.24) is 24.8 Å². The van der Waals surface area contributed by atoms with Gasteiger partial charge in [0.25, 0.3) is 17.4 Å². The number of benzene rings is 1. The minimum Gasteiger partial charge on any atom is -0.355 e. The molecule has 2 aromatic heterocycles. The Bertz CT molecular complexity index is 1200. The molecule has 8 heteroatoms. The van der Waals surface area contributed by atoms with Crippen LogP contribution in [0.25, 0.3) is 0 Å². The van der Waals surface area contributed by atoms with Gasteiger partial charge in [0.1, 0.15) is 11.3 Å². The molecule has 3 heterocycles. The maximum absolute atomic E-state index is 13.1. The molecule has 0 bridgehead atoms. The molecule has 0 atom stereocenters. The topological polar surface area (TPSA) is 97.2 Å². The van der Waals surface area contributed by atoms with Crippen molar-refractivity contribution >= 4 is 11.8 Å². The van der Waals surface area contributed by atoms with E-state index in [2.05, 4.69) is 15.3 Å². The molecule has 0 aliphatic carbocycles. The summed E-state index contributed by atoms with van der Waals surface area (Å²) in [5.74, 6) is -0.615. The Morgan fingerprint density at radius 2 is 1.91 bits per heavy atom. The van der Waals surface area contributed by atoms with E-state index in [4.69, 9.17) is 0 Å². The molecule has 164 valence electrons. The first-order valence-electron chi connectivity index (χ1n) is 10.6. The van der Waals surface area contributed by atoms with E-state index in [0.29, 0.717) is 38.0 Å². The van der Waals surface area contributed by atoms with Crippen molar-refractivity contribution in [3.8, 4) is 0 Å². The minimum atomic E-state index is -0.399. The molecule has 0 fully saturated rings. The molecule has 0 spiro atoms. The molecule has 0 unspecified atom stereocenters. The van der Waals surface area contributed by atoms with Crippen LogP contribution in [0.3, 0.4) is 0 Å². The maximum atomic E-state index is 13.1. The molecule has 0 saturated heterocycles. The predicted molar refractivity (Wildman–Crippen MR) is 119 cm³/mol. The summed E-state index contributed by atoms with van der Waals surface area (Å²) in [5.41, 5.74) is 3.50. The second-order valence-corrected chi connectivity index (χ2v) is 7.84.